The SMILES string of the molecule is COc1cccc(C2C(C(C)=O)=C(O)C(=O)N2CCN2CCCC2)c1OC. The molecular weight excluding hydrogens is 348 g/mol. The molecule has 1 amide bonds. The topological polar surface area (TPSA) is 79.3 Å². The van der Waals surface area contributed by atoms with E-state index in [0.717, 1.165) is 25.9 Å². The van der Waals surface area contributed by atoms with Crippen LogP contribution in [0.1, 0.15) is 31.4 Å². The van der Waals surface area contributed by atoms with Gasteiger partial charge in [0.05, 0.1) is 25.8 Å². The predicted octanol–water partition coefficient (Wildman–Crippen LogP) is 2.08. The Morgan fingerprint density at radius 3 is 2.48 bits per heavy atom. The lowest BCUT2D eigenvalue weighted by molar-refractivity contribution is -0.129. The van der Waals surface area contributed by atoms with E-state index >= 15 is 0 Å². The van der Waals surface area contributed by atoms with Gasteiger partial charge in [0.15, 0.2) is 23.0 Å². The van der Waals surface area contributed by atoms with Crippen molar-refractivity contribution in [2.45, 2.75) is 25.8 Å². The minimum atomic E-state index is -0.692. The third-order valence-corrected chi connectivity index (χ3v) is 5.27. The Morgan fingerprint density at radius 1 is 1.19 bits per heavy atom. The monoisotopic (exact) mass is 374 g/mol. The summed E-state index contributed by atoms with van der Waals surface area (Å²) in [5.41, 5.74) is 0.730. The summed E-state index contributed by atoms with van der Waals surface area (Å²) in [5, 5.41) is 10.4. The molecule has 1 aromatic carbocycles. The molecule has 3 rings (SSSR count). The molecule has 1 saturated heterocycles. The summed E-state index contributed by atoms with van der Waals surface area (Å²) in [6.07, 6.45) is 2.31. The Balaban J connectivity index is 2.01. The summed E-state index contributed by atoms with van der Waals surface area (Å²) in [6.45, 7) is 4.50. The molecule has 27 heavy (non-hydrogen) atoms. The number of methoxy groups -OCH3 is 2. The Kier molecular flexibility index (Phi) is 5.70. The second-order valence-electron chi connectivity index (χ2n) is 6.85. The van der Waals surface area contributed by atoms with Crippen molar-refractivity contribution in [2.24, 2.45) is 0 Å². The summed E-state index contributed by atoms with van der Waals surface area (Å²) in [7, 11) is 3.05. The molecule has 7 nitrogen and oxygen atoms in total. The van der Waals surface area contributed by atoms with Gasteiger partial charge in [-0.1, -0.05) is 12.1 Å². The number of aliphatic hydroxyl groups excluding tert-OH is 1. The molecule has 0 aromatic heterocycles. The van der Waals surface area contributed by atoms with Crippen LogP contribution in [-0.4, -0.2) is 67.0 Å². The Morgan fingerprint density at radius 2 is 1.89 bits per heavy atom. The second kappa shape index (κ2) is 8.00. The van der Waals surface area contributed by atoms with Gasteiger partial charge in [-0.25, -0.2) is 0 Å². The molecule has 1 N–H and O–H groups in total. The number of Topliss-reactive ketones (excluding diaryl/α,β-unsaturated/α-hetero) is 1. The van der Waals surface area contributed by atoms with Crippen LogP contribution < -0.4 is 9.47 Å². The highest BCUT2D eigenvalue weighted by Crippen LogP contribution is 2.44. The first-order valence-corrected chi connectivity index (χ1v) is 9.17. The van der Waals surface area contributed by atoms with Gasteiger partial charge in [0.25, 0.3) is 5.91 Å². The molecule has 2 heterocycles. The number of amides is 1. The van der Waals surface area contributed by atoms with Gasteiger partial charge >= 0.3 is 0 Å². The van der Waals surface area contributed by atoms with E-state index in [-0.39, 0.29) is 11.4 Å². The second-order valence-corrected chi connectivity index (χ2v) is 6.85. The summed E-state index contributed by atoms with van der Waals surface area (Å²) in [5.74, 6) is -0.360. The highest BCUT2D eigenvalue weighted by Gasteiger charge is 2.43. The van der Waals surface area contributed by atoms with Crippen LogP contribution in [0.4, 0.5) is 0 Å². The number of nitrogens with zero attached hydrogens (tertiary/aromatic N) is 2. The van der Waals surface area contributed by atoms with Crippen LogP contribution in [0.25, 0.3) is 0 Å². The lowest BCUT2D eigenvalue weighted by Crippen LogP contribution is -2.38. The van der Waals surface area contributed by atoms with Crippen molar-refractivity contribution in [1.29, 1.82) is 0 Å². The maximum atomic E-state index is 12.7. The summed E-state index contributed by atoms with van der Waals surface area (Å²) in [6, 6.07) is 4.64. The fourth-order valence-electron chi connectivity index (χ4n) is 3.95. The molecule has 0 radical (unpaired) electrons. The highest BCUT2D eigenvalue weighted by atomic mass is 16.5. The van der Waals surface area contributed by atoms with Gasteiger partial charge in [-0.2, -0.15) is 0 Å². The average molecular weight is 374 g/mol. The number of carbonyl (C=O) groups excluding carboxylic acids is 2. The molecule has 1 aromatic rings. The van der Waals surface area contributed by atoms with Crippen LogP contribution in [0.5, 0.6) is 11.5 Å². The molecule has 0 saturated carbocycles. The smallest absolute Gasteiger partial charge is 0.290 e. The maximum Gasteiger partial charge on any atom is 0.290 e. The van der Waals surface area contributed by atoms with E-state index in [1.54, 1.807) is 23.1 Å². The van der Waals surface area contributed by atoms with Crippen molar-refractivity contribution < 1.29 is 24.2 Å². The summed E-state index contributed by atoms with van der Waals surface area (Å²) >= 11 is 0. The van der Waals surface area contributed by atoms with Crippen LogP contribution in [0.3, 0.4) is 0 Å². The van der Waals surface area contributed by atoms with Crippen LogP contribution in [-0.2, 0) is 9.59 Å². The molecule has 0 aliphatic carbocycles. The van der Waals surface area contributed by atoms with Crippen LogP contribution in [0, 0.1) is 0 Å². The highest BCUT2D eigenvalue weighted by molar-refractivity contribution is 6.08. The first kappa shape index (κ1) is 19.2. The molecule has 1 fully saturated rings. The predicted molar refractivity (Wildman–Crippen MR) is 100 cm³/mol. The number of carbonyl (C=O) groups is 2. The van der Waals surface area contributed by atoms with E-state index in [4.69, 9.17) is 9.47 Å². The van der Waals surface area contributed by atoms with Gasteiger partial charge < -0.3 is 24.4 Å². The van der Waals surface area contributed by atoms with Crippen molar-refractivity contribution >= 4 is 11.7 Å². The number of rotatable bonds is 7. The van der Waals surface area contributed by atoms with Gasteiger partial charge in [0, 0.05) is 18.7 Å². The van der Waals surface area contributed by atoms with Crippen molar-refractivity contribution in [3.8, 4) is 11.5 Å². The molecule has 2 aliphatic heterocycles. The first-order chi connectivity index (χ1) is 13.0. The lowest BCUT2D eigenvalue weighted by Gasteiger charge is -2.29. The fraction of sp³-hybridized carbons (Fsp3) is 0.500. The van der Waals surface area contributed by atoms with E-state index in [0.29, 0.717) is 30.2 Å². The molecule has 146 valence electrons. The van der Waals surface area contributed by atoms with Gasteiger partial charge in [-0.05, 0) is 38.9 Å². The van der Waals surface area contributed by atoms with E-state index in [1.807, 2.05) is 0 Å². The van der Waals surface area contributed by atoms with Crippen LogP contribution in [0.15, 0.2) is 29.5 Å². The fourth-order valence-corrected chi connectivity index (χ4v) is 3.95. The average Bonchev–Trinajstić information content (AvgIpc) is 3.26. The first-order valence-electron chi connectivity index (χ1n) is 9.17. The number of para-hydroxylation sites is 1. The zero-order valence-corrected chi connectivity index (χ0v) is 16.0. The Labute approximate surface area is 159 Å². The van der Waals surface area contributed by atoms with E-state index in [9.17, 15) is 14.7 Å². The third kappa shape index (κ3) is 3.51. The molecular formula is C20H26N2O5. The third-order valence-electron chi connectivity index (χ3n) is 5.27. The largest absolute Gasteiger partial charge is 0.503 e. The van der Waals surface area contributed by atoms with Gasteiger partial charge in [0.1, 0.15) is 0 Å². The van der Waals surface area contributed by atoms with Gasteiger partial charge in [-0.15, -0.1) is 0 Å². The number of likely N-dealkylation sites (tertiary alicyclic amines) is 1. The molecule has 0 bridgehead atoms. The minimum Gasteiger partial charge on any atom is -0.503 e. The zero-order chi connectivity index (χ0) is 19.6. The minimum absolute atomic E-state index is 0.105. The summed E-state index contributed by atoms with van der Waals surface area (Å²) < 4.78 is 10.9. The van der Waals surface area contributed by atoms with Crippen molar-refractivity contribution in [2.75, 3.05) is 40.4 Å². The normalized spacial score (nSPS) is 20.5. The van der Waals surface area contributed by atoms with Crippen LogP contribution >= 0.6 is 0 Å². The van der Waals surface area contributed by atoms with Crippen molar-refractivity contribution in [1.82, 2.24) is 9.80 Å². The van der Waals surface area contributed by atoms with E-state index in [1.165, 1.54) is 21.1 Å². The van der Waals surface area contributed by atoms with Crippen LogP contribution in [0.2, 0.25) is 0 Å². The number of ketones is 1. The lowest BCUT2D eigenvalue weighted by atomic mass is 9.95. The number of aliphatic hydroxyl groups is 1. The number of hydrogen-bond donors (Lipinski definition) is 1. The van der Waals surface area contributed by atoms with Crippen molar-refractivity contribution in [3.05, 3.63) is 35.1 Å². The Hall–Kier alpha value is -2.54. The number of benzene rings is 1. The molecule has 7 heteroatoms. The quantitative estimate of drug-likeness (QED) is 0.787. The van der Waals surface area contributed by atoms with Crippen molar-refractivity contribution in [3.63, 3.8) is 0 Å². The molecule has 0 spiro atoms. The maximum absolute atomic E-state index is 12.7. The standard InChI is InChI=1S/C20H26N2O5/c1-13(23)16-17(14-7-6-8-15(26-2)19(14)27-3)22(20(25)18(16)24)12-11-21-9-4-5-10-21/h6-8,17,24H,4-5,9-12H2,1-3H3. The van der Waals surface area contributed by atoms with Gasteiger partial charge in [-0.3, -0.25) is 9.59 Å². The van der Waals surface area contributed by atoms with E-state index in [2.05, 4.69) is 4.90 Å². The Bertz CT molecular complexity index is 768. The summed E-state index contributed by atoms with van der Waals surface area (Å²) in [4.78, 5) is 28.8. The van der Waals surface area contributed by atoms with Gasteiger partial charge in [0.2, 0.25) is 0 Å². The molecule has 2 aliphatic rings. The zero-order valence-electron chi connectivity index (χ0n) is 16.0. The number of ether oxygens (including phenoxy) is 2. The number of hydrogen-bond acceptors (Lipinski definition) is 6. The molecule has 1 atom stereocenters. The van der Waals surface area contributed by atoms with E-state index < -0.39 is 17.7 Å². The molecule has 1 unspecified atom stereocenters.